The second kappa shape index (κ2) is 7.77. The second-order valence-electron chi connectivity index (χ2n) is 7.87. The predicted molar refractivity (Wildman–Crippen MR) is 97.0 cm³/mol. The van der Waals surface area contributed by atoms with Crippen molar-refractivity contribution in [1.29, 1.82) is 0 Å². The maximum atomic E-state index is 12.9. The zero-order valence-electron chi connectivity index (χ0n) is 15.9. The number of carbonyl (C=O) groups is 3. The highest BCUT2D eigenvalue weighted by molar-refractivity contribution is 6.23. The Morgan fingerprint density at radius 1 is 1.32 bits per heavy atom. The number of aliphatic hydroxyl groups excluding tert-OH is 1. The van der Waals surface area contributed by atoms with Gasteiger partial charge in [0.1, 0.15) is 5.78 Å². The molecule has 138 valence electrons. The van der Waals surface area contributed by atoms with Crippen LogP contribution >= 0.6 is 0 Å². The second-order valence-corrected chi connectivity index (χ2v) is 7.87. The molecule has 0 spiro atoms. The molecule has 0 aliphatic heterocycles. The van der Waals surface area contributed by atoms with E-state index >= 15 is 0 Å². The maximum absolute atomic E-state index is 12.9. The van der Waals surface area contributed by atoms with E-state index in [0.717, 1.165) is 12.8 Å². The van der Waals surface area contributed by atoms with Gasteiger partial charge in [-0.1, -0.05) is 34.1 Å². The van der Waals surface area contributed by atoms with E-state index in [9.17, 15) is 14.4 Å². The minimum absolute atomic E-state index is 0.0132. The van der Waals surface area contributed by atoms with E-state index in [4.69, 9.17) is 5.11 Å². The minimum Gasteiger partial charge on any atom is -0.396 e. The largest absolute Gasteiger partial charge is 0.396 e. The molecule has 0 aromatic carbocycles. The summed E-state index contributed by atoms with van der Waals surface area (Å²) in [5, 5.41) is 8.94. The Balaban J connectivity index is 2.40. The lowest BCUT2D eigenvalue weighted by molar-refractivity contribution is -0.121. The molecule has 2 aliphatic rings. The SMILES string of the molecule is CC[C@@H]1CCC2=C(C(=O)C=C(C(C)C)C2=O)[C@@]1(C)CCC(=O)CCO. The molecule has 4 heteroatoms. The van der Waals surface area contributed by atoms with Gasteiger partial charge in [0.2, 0.25) is 0 Å². The number of aliphatic hydroxyl groups is 1. The molecule has 0 unspecified atom stereocenters. The number of ketones is 3. The summed E-state index contributed by atoms with van der Waals surface area (Å²) in [5.74, 6) is 0.311. The molecular weight excluding hydrogens is 316 g/mol. The van der Waals surface area contributed by atoms with Crippen LogP contribution in [-0.2, 0) is 14.4 Å². The molecule has 0 amide bonds. The summed E-state index contributed by atoms with van der Waals surface area (Å²) in [7, 11) is 0. The molecule has 0 heterocycles. The average Bonchev–Trinajstić information content (AvgIpc) is 2.56. The number of hydrogen-bond donors (Lipinski definition) is 1. The van der Waals surface area contributed by atoms with Crippen molar-refractivity contribution in [2.45, 2.75) is 66.2 Å². The topological polar surface area (TPSA) is 71.4 Å². The van der Waals surface area contributed by atoms with E-state index in [2.05, 4.69) is 6.92 Å². The van der Waals surface area contributed by atoms with Crippen LogP contribution in [0.5, 0.6) is 0 Å². The predicted octanol–water partition coefficient (Wildman–Crippen LogP) is 3.58. The summed E-state index contributed by atoms with van der Waals surface area (Å²) in [5.41, 5.74) is 1.49. The molecule has 0 fully saturated rings. The Kier molecular flexibility index (Phi) is 6.15. The Morgan fingerprint density at radius 3 is 2.56 bits per heavy atom. The zero-order chi connectivity index (χ0) is 18.8. The first-order valence-electron chi connectivity index (χ1n) is 9.43. The van der Waals surface area contributed by atoms with Crippen LogP contribution in [0.25, 0.3) is 0 Å². The molecule has 0 saturated heterocycles. The van der Waals surface area contributed by atoms with Crippen LogP contribution < -0.4 is 0 Å². The van der Waals surface area contributed by atoms with Gasteiger partial charge in [0, 0.05) is 36.2 Å². The van der Waals surface area contributed by atoms with Gasteiger partial charge in [-0.05, 0) is 42.6 Å². The molecule has 2 aliphatic carbocycles. The van der Waals surface area contributed by atoms with Gasteiger partial charge in [-0.3, -0.25) is 14.4 Å². The van der Waals surface area contributed by atoms with Crippen LogP contribution in [0, 0.1) is 17.3 Å². The molecular formula is C21H30O4. The van der Waals surface area contributed by atoms with Crippen molar-refractivity contribution in [2.75, 3.05) is 6.61 Å². The Morgan fingerprint density at radius 2 is 2.00 bits per heavy atom. The number of allylic oxidation sites excluding steroid dienone is 4. The summed E-state index contributed by atoms with van der Waals surface area (Å²) in [6, 6.07) is 0. The molecule has 2 atom stereocenters. The molecule has 0 aromatic heterocycles. The molecule has 2 rings (SSSR count). The quantitative estimate of drug-likeness (QED) is 0.715. The molecule has 0 radical (unpaired) electrons. The Bertz CT molecular complexity index is 638. The summed E-state index contributed by atoms with van der Waals surface area (Å²) in [4.78, 5) is 37.7. The van der Waals surface area contributed by atoms with Gasteiger partial charge in [0.15, 0.2) is 11.6 Å². The van der Waals surface area contributed by atoms with Gasteiger partial charge < -0.3 is 5.11 Å². The highest BCUT2D eigenvalue weighted by Crippen LogP contribution is 2.51. The summed E-state index contributed by atoms with van der Waals surface area (Å²) >= 11 is 0. The van der Waals surface area contributed by atoms with Crippen LogP contribution in [0.15, 0.2) is 22.8 Å². The van der Waals surface area contributed by atoms with Gasteiger partial charge >= 0.3 is 0 Å². The van der Waals surface area contributed by atoms with Crippen molar-refractivity contribution in [3.8, 4) is 0 Å². The molecule has 4 nitrogen and oxygen atoms in total. The van der Waals surface area contributed by atoms with Gasteiger partial charge in [-0.2, -0.15) is 0 Å². The van der Waals surface area contributed by atoms with Gasteiger partial charge in [0.25, 0.3) is 0 Å². The van der Waals surface area contributed by atoms with Gasteiger partial charge in [0.05, 0.1) is 0 Å². The molecule has 25 heavy (non-hydrogen) atoms. The number of rotatable bonds is 7. The highest BCUT2D eigenvalue weighted by Gasteiger charge is 2.46. The normalized spacial score (nSPS) is 26.8. The zero-order valence-corrected chi connectivity index (χ0v) is 15.9. The van der Waals surface area contributed by atoms with Crippen LogP contribution in [-0.4, -0.2) is 29.1 Å². The standard InChI is InChI=1S/C21H30O4/c1-5-14-6-7-16-19(18(24)12-17(13(2)3)20(16)25)21(14,4)10-8-15(23)9-11-22/h12-14,22H,5-11H2,1-4H3/t14-,21+/m1/s1. The highest BCUT2D eigenvalue weighted by atomic mass is 16.3. The lowest BCUT2D eigenvalue weighted by Crippen LogP contribution is -2.40. The van der Waals surface area contributed by atoms with E-state index in [0.29, 0.717) is 41.9 Å². The molecule has 0 bridgehead atoms. The van der Waals surface area contributed by atoms with E-state index in [1.54, 1.807) is 0 Å². The number of Topliss-reactive ketones (excluding diaryl/α,β-unsaturated/α-hetero) is 2. The summed E-state index contributed by atoms with van der Waals surface area (Å²) < 4.78 is 0. The summed E-state index contributed by atoms with van der Waals surface area (Å²) in [6.45, 7) is 7.88. The minimum atomic E-state index is -0.445. The van der Waals surface area contributed by atoms with E-state index in [1.165, 1.54) is 6.08 Å². The van der Waals surface area contributed by atoms with Crippen molar-refractivity contribution in [3.63, 3.8) is 0 Å². The van der Waals surface area contributed by atoms with E-state index in [1.807, 2.05) is 20.8 Å². The van der Waals surface area contributed by atoms with E-state index < -0.39 is 5.41 Å². The third-order valence-electron chi connectivity index (χ3n) is 6.01. The first-order chi connectivity index (χ1) is 11.8. The van der Waals surface area contributed by atoms with Crippen LogP contribution in [0.4, 0.5) is 0 Å². The van der Waals surface area contributed by atoms with Crippen LogP contribution in [0.2, 0.25) is 0 Å². The monoisotopic (exact) mass is 346 g/mol. The van der Waals surface area contributed by atoms with Crippen LogP contribution in [0.3, 0.4) is 0 Å². The fraction of sp³-hybridized carbons (Fsp3) is 0.667. The fourth-order valence-electron chi connectivity index (χ4n) is 4.48. The summed E-state index contributed by atoms with van der Waals surface area (Å²) in [6.07, 6.45) is 5.04. The number of hydrogen-bond acceptors (Lipinski definition) is 4. The lowest BCUT2D eigenvalue weighted by Gasteiger charge is -2.45. The molecule has 0 aromatic rings. The van der Waals surface area contributed by atoms with Crippen molar-refractivity contribution in [2.24, 2.45) is 17.3 Å². The lowest BCUT2D eigenvalue weighted by atomic mass is 9.58. The third kappa shape index (κ3) is 3.69. The van der Waals surface area contributed by atoms with Crippen molar-refractivity contribution < 1.29 is 19.5 Å². The van der Waals surface area contributed by atoms with Crippen molar-refractivity contribution in [3.05, 3.63) is 22.8 Å². The first-order valence-corrected chi connectivity index (χ1v) is 9.43. The van der Waals surface area contributed by atoms with Gasteiger partial charge in [-0.15, -0.1) is 0 Å². The van der Waals surface area contributed by atoms with Crippen LogP contribution in [0.1, 0.15) is 66.2 Å². The Labute approximate surface area is 150 Å². The van der Waals surface area contributed by atoms with Gasteiger partial charge in [-0.25, -0.2) is 0 Å². The average molecular weight is 346 g/mol. The number of carbonyl (C=O) groups excluding carboxylic acids is 3. The third-order valence-corrected chi connectivity index (χ3v) is 6.01. The fourth-order valence-corrected chi connectivity index (χ4v) is 4.48. The molecule has 0 saturated carbocycles. The maximum Gasteiger partial charge on any atom is 0.185 e. The Hall–Kier alpha value is -1.55. The smallest absolute Gasteiger partial charge is 0.185 e. The first kappa shape index (κ1) is 19.8. The van der Waals surface area contributed by atoms with Crippen molar-refractivity contribution >= 4 is 17.3 Å². The molecule has 1 N–H and O–H groups in total. The van der Waals surface area contributed by atoms with Crippen molar-refractivity contribution in [1.82, 2.24) is 0 Å². The van der Waals surface area contributed by atoms with E-state index in [-0.39, 0.29) is 36.3 Å².